The molecule has 0 bridgehead atoms. The lowest BCUT2D eigenvalue weighted by Gasteiger charge is -2.29. The van der Waals surface area contributed by atoms with Gasteiger partial charge in [-0.2, -0.15) is 4.98 Å². The van der Waals surface area contributed by atoms with Gasteiger partial charge in [0, 0.05) is 35.7 Å². The molecule has 64 heavy (non-hydrogen) atoms. The van der Waals surface area contributed by atoms with Crippen molar-refractivity contribution in [3.8, 4) is 16.6 Å². The number of carbonyl (C=O) groups is 4. The van der Waals surface area contributed by atoms with Crippen LogP contribution in [0.25, 0.3) is 21.6 Å². The van der Waals surface area contributed by atoms with Gasteiger partial charge in [-0.05, 0) is 121 Å². The summed E-state index contributed by atoms with van der Waals surface area (Å²) in [5, 5.41) is 5.99. The van der Waals surface area contributed by atoms with Crippen molar-refractivity contribution >= 4 is 56.1 Å². The first-order chi connectivity index (χ1) is 30.7. The lowest BCUT2D eigenvalue weighted by molar-refractivity contribution is -0.140. The van der Waals surface area contributed by atoms with Gasteiger partial charge in [0.2, 0.25) is 21.8 Å². The Hall–Kier alpha value is -4.31. The standard InChI is InChI=1S/C48H62N6O8S2/c1-28(2)54-38-17-11-15-35(42-49-37(27-63-42)29-12-9-10-13-29)41(38)51-45(54)61-34-23-39-40(55)25-48(44(57)52-64(59,60)47(3)18-19-47)24-32(48)14-7-5-4-6-8-16-36(43(56)53(39)26-34)50-46(58)62-33-21-30-20-31(30)22-33/h7,11,14-15,17,27-34,36,39H,4-6,8-10,12-13,16,18-26H2,1-3H3,(H,50,58)(H,52,57)/b14-7-/t30-,31+,32-,33?,34-,36+,39+,48-/m1/s1. The average molecular weight is 915 g/mol. The van der Waals surface area contributed by atoms with Crippen molar-refractivity contribution in [2.45, 2.75) is 171 Å². The zero-order valence-corrected chi connectivity index (χ0v) is 38.9. The van der Waals surface area contributed by atoms with Crippen LogP contribution in [-0.4, -0.2) is 87.1 Å². The first kappa shape index (κ1) is 43.6. The van der Waals surface area contributed by atoms with E-state index in [4.69, 9.17) is 19.4 Å². The Balaban J connectivity index is 0.950. The van der Waals surface area contributed by atoms with Crippen LogP contribution < -0.4 is 14.8 Å². The highest BCUT2D eigenvalue weighted by Gasteiger charge is 2.63. The second-order valence-corrected chi connectivity index (χ2v) is 23.6. The molecule has 14 nitrogen and oxygen atoms in total. The Kier molecular flexibility index (Phi) is 11.5. The van der Waals surface area contributed by atoms with E-state index in [2.05, 4.69) is 29.3 Å². The first-order valence-electron chi connectivity index (χ1n) is 23.9. The minimum Gasteiger partial charge on any atom is -0.459 e. The van der Waals surface area contributed by atoms with Gasteiger partial charge < -0.3 is 19.7 Å². The number of fused-ring (bicyclic) bond motifs is 4. The van der Waals surface area contributed by atoms with E-state index >= 15 is 0 Å². The molecule has 3 amide bonds. The minimum absolute atomic E-state index is 0.0477. The second kappa shape index (κ2) is 16.8. The van der Waals surface area contributed by atoms with Crippen LogP contribution in [0, 0.1) is 23.2 Å². The van der Waals surface area contributed by atoms with Gasteiger partial charge in [0.1, 0.15) is 28.8 Å². The average Bonchev–Trinajstić information content (AvgIpc) is 3.97. The summed E-state index contributed by atoms with van der Waals surface area (Å²) >= 11 is 1.63. The molecule has 7 aliphatic rings. The summed E-state index contributed by atoms with van der Waals surface area (Å²) in [5.41, 5.74) is 2.44. The van der Waals surface area contributed by atoms with E-state index in [0.717, 1.165) is 72.2 Å². The molecule has 2 aliphatic heterocycles. The number of imidazole rings is 1. The van der Waals surface area contributed by atoms with Crippen molar-refractivity contribution in [2.24, 2.45) is 23.2 Å². The van der Waals surface area contributed by atoms with E-state index in [1.165, 1.54) is 24.2 Å². The van der Waals surface area contributed by atoms with E-state index in [1.807, 2.05) is 34.9 Å². The van der Waals surface area contributed by atoms with Gasteiger partial charge in [-0.25, -0.2) is 18.2 Å². The van der Waals surface area contributed by atoms with Crippen molar-refractivity contribution in [1.82, 2.24) is 29.5 Å². The Bertz CT molecular complexity index is 2460. The number of ketones is 1. The summed E-state index contributed by atoms with van der Waals surface area (Å²) < 4.78 is 42.8. The van der Waals surface area contributed by atoms with Gasteiger partial charge in [0.25, 0.3) is 6.01 Å². The van der Waals surface area contributed by atoms with E-state index in [-0.39, 0.29) is 43.2 Å². The number of carbonyl (C=O) groups excluding carboxylic acids is 4. The Morgan fingerprint density at radius 2 is 1.72 bits per heavy atom. The number of Topliss-reactive ketones (excluding diaryl/α,β-unsaturated/α-hetero) is 1. The number of alkyl carbamates (subject to hydrolysis) is 1. The van der Waals surface area contributed by atoms with Crippen LogP contribution in [0.4, 0.5) is 4.79 Å². The fourth-order valence-electron chi connectivity index (χ4n) is 11.2. The lowest BCUT2D eigenvalue weighted by Crippen LogP contribution is -2.52. The molecular formula is C48H62N6O8S2. The number of rotatable bonds is 10. The molecule has 0 radical (unpaired) electrons. The molecule has 1 unspecified atom stereocenters. The molecule has 0 spiro atoms. The summed E-state index contributed by atoms with van der Waals surface area (Å²) in [5.74, 6) is -0.0130. The number of nitrogens with zero attached hydrogens (tertiary/aromatic N) is 4. The minimum atomic E-state index is -3.96. The van der Waals surface area contributed by atoms with Crippen LogP contribution >= 0.6 is 11.3 Å². The third-order valence-electron chi connectivity index (χ3n) is 15.6. The van der Waals surface area contributed by atoms with Crippen LogP contribution in [0.3, 0.4) is 0 Å². The maximum atomic E-state index is 14.9. The predicted molar refractivity (Wildman–Crippen MR) is 242 cm³/mol. The zero-order valence-electron chi connectivity index (χ0n) is 37.3. The number of thiazole rings is 1. The van der Waals surface area contributed by atoms with E-state index in [0.29, 0.717) is 55.9 Å². The number of amides is 3. The topological polar surface area (TPSA) is 179 Å². The fraction of sp³-hybridized carbons (Fsp3) is 0.667. The highest BCUT2D eigenvalue weighted by atomic mass is 32.2. The number of allylic oxidation sites excluding steroid dienone is 2. The number of hydrogen-bond donors (Lipinski definition) is 2. The lowest BCUT2D eigenvalue weighted by atomic mass is 9.91. The second-order valence-electron chi connectivity index (χ2n) is 20.6. The van der Waals surface area contributed by atoms with Crippen molar-refractivity contribution in [3.63, 3.8) is 0 Å². The summed E-state index contributed by atoms with van der Waals surface area (Å²) in [6.07, 6.45) is 14.7. The molecule has 16 heteroatoms. The molecular weight excluding hydrogens is 853 g/mol. The molecule has 5 aliphatic carbocycles. The number of nitrogens with one attached hydrogen (secondary N) is 2. The quantitative estimate of drug-likeness (QED) is 0.189. The molecule has 1 aromatic carbocycles. The first-order valence-corrected chi connectivity index (χ1v) is 26.3. The zero-order chi connectivity index (χ0) is 44.5. The molecule has 4 heterocycles. The van der Waals surface area contributed by atoms with Gasteiger partial charge in [-0.3, -0.25) is 23.7 Å². The molecule has 5 saturated carbocycles. The number of aromatic nitrogens is 3. The summed E-state index contributed by atoms with van der Waals surface area (Å²) in [7, 11) is -3.96. The number of hydrogen-bond acceptors (Lipinski definition) is 11. The molecule has 3 aromatic rings. The van der Waals surface area contributed by atoms with Crippen molar-refractivity contribution in [2.75, 3.05) is 6.54 Å². The number of benzene rings is 1. The largest absolute Gasteiger partial charge is 0.459 e. The van der Waals surface area contributed by atoms with E-state index in [9.17, 15) is 27.6 Å². The van der Waals surface area contributed by atoms with Gasteiger partial charge in [0.15, 0.2) is 5.78 Å². The monoisotopic (exact) mass is 914 g/mol. The van der Waals surface area contributed by atoms with Gasteiger partial charge in [0.05, 0.1) is 34.0 Å². The van der Waals surface area contributed by atoms with E-state index < -0.39 is 56.3 Å². The fourth-order valence-corrected chi connectivity index (χ4v) is 13.5. The highest BCUT2D eigenvalue weighted by Crippen LogP contribution is 2.58. The molecule has 344 valence electrons. The Morgan fingerprint density at radius 1 is 0.953 bits per heavy atom. The predicted octanol–water partition coefficient (Wildman–Crippen LogP) is 8.12. The van der Waals surface area contributed by atoms with Gasteiger partial charge in [-0.1, -0.05) is 43.9 Å². The highest BCUT2D eigenvalue weighted by molar-refractivity contribution is 7.91. The van der Waals surface area contributed by atoms with Crippen LogP contribution in [0.1, 0.15) is 148 Å². The Morgan fingerprint density at radius 3 is 2.47 bits per heavy atom. The maximum absolute atomic E-state index is 14.9. The normalized spacial score (nSPS) is 32.0. The van der Waals surface area contributed by atoms with Crippen molar-refractivity contribution in [1.29, 1.82) is 0 Å². The molecule has 6 fully saturated rings. The Labute approximate surface area is 379 Å². The summed E-state index contributed by atoms with van der Waals surface area (Å²) in [6.45, 7) is 5.81. The van der Waals surface area contributed by atoms with Gasteiger partial charge >= 0.3 is 6.09 Å². The van der Waals surface area contributed by atoms with Crippen LogP contribution in [0.15, 0.2) is 35.7 Å². The SMILES string of the molecule is CC(C)n1c(O[C@@H]2C[C@H]3C(=O)C[C@]4(C(=O)NS(=O)(=O)C5(C)CC5)C[C@H]4/C=C\CCCCC[C@H](NC(=O)OC4C[C@@H]5C[C@@H]5C4)C(=O)N3C2)nc2c(-c3nc(C4CCCC4)cs3)cccc21. The van der Waals surface area contributed by atoms with Crippen LogP contribution in [0.5, 0.6) is 6.01 Å². The van der Waals surface area contributed by atoms with Gasteiger partial charge in [-0.15, -0.1) is 11.3 Å². The molecule has 2 N–H and O–H groups in total. The molecule has 1 saturated heterocycles. The third-order valence-corrected chi connectivity index (χ3v) is 18.7. The number of ether oxygens (including phenoxy) is 2. The van der Waals surface area contributed by atoms with E-state index in [1.54, 1.807) is 18.3 Å². The smallest absolute Gasteiger partial charge is 0.408 e. The summed E-state index contributed by atoms with van der Waals surface area (Å²) in [4.78, 5) is 69.1. The third kappa shape index (κ3) is 8.39. The van der Waals surface area contributed by atoms with Crippen molar-refractivity contribution in [3.05, 3.63) is 41.4 Å². The van der Waals surface area contributed by atoms with Crippen molar-refractivity contribution < 1.29 is 37.1 Å². The number of sulfonamides is 1. The summed E-state index contributed by atoms with van der Waals surface area (Å²) in [6, 6.07) is 4.47. The molecule has 8 atom stereocenters. The van der Waals surface area contributed by atoms with Crippen LogP contribution in [-0.2, 0) is 29.1 Å². The number of para-hydroxylation sites is 1. The van der Waals surface area contributed by atoms with Crippen LogP contribution in [0.2, 0.25) is 0 Å². The maximum Gasteiger partial charge on any atom is 0.408 e. The molecule has 10 rings (SSSR count). The molecule has 2 aromatic heterocycles.